The van der Waals surface area contributed by atoms with Gasteiger partial charge < -0.3 is 15.5 Å². The van der Waals surface area contributed by atoms with Crippen LogP contribution in [0, 0.1) is 6.92 Å². The SMILES string of the molecule is CCn1cc(S(=O)(=O)NC(C)C(N)=NO)nc1C. The molecule has 1 rings (SSSR count). The van der Waals surface area contributed by atoms with E-state index in [1.807, 2.05) is 6.92 Å². The van der Waals surface area contributed by atoms with Crippen LogP contribution in [0.3, 0.4) is 0 Å². The van der Waals surface area contributed by atoms with Crippen LogP contribution in [0.15, 0.2) is 16.4 Å². The topological polar surface area (TPSA) is 123 Å². The molecule has 0 aliphatic rings. The second-order valence-corrected chi connectivity index (χ2v) is 5.44. The van der Waals surface area contributed by atoms with E-state index < -0.39 is 16.1 Å². The second-order valence-electron chi connectivity index (χ2n) is 3.78. The number of nitrogens with one attached hydrogen (secondary N) is 1. The van der Waals surface area contributed by atoms with E-state index in [2.05, 4.69) is 14.9 Å². The van der Waals surface area contributed by atoms with Crippen molar-refractivity contribution in [3.8, 4) is 0 Å². The minimum absolute atomic E-state index is 0.0839. The monoisotopic (exact) mass is 275 g/mol. The lowest BCUT2D eigenvalue weighted by atomic mass is 10.3. The molecule has 0 aliphatic carbocycles. The van der Waals surface area contributed by atoms with Gasteiger partial charge in [-0.15, -0.1) is 0 Å². The number of aryl methyl sites for hydroxylation is 2. The van der Waals surface area contributed by atoms with E-state index in [0.29, 0.717) is 12.4 Å². The summed E-state index contributed by atoms with van der Waals surface area (Å²) < 4.78 is 27.9. The number of nitrogens with two attached hydrogens (primary N) is 1. The van der Waals surface area contributed by atoms with Crippen LogP contribution in [0.1, 0.15) is 19.7 Å². The van der Waals surface area contributed by atoms with Gasteiger partial charge in [-0.05, 0) is 20.8 Å². The smallest absolute Gasteiger partial charge is 0.260 e. The third-order valence-electron chi connectivity index (χ3n) is 2.46. The summed E-state index contributed by atoms with van der Waals surface area (Å²) in [6.07, 6.45) is 1.44. The zero-order valence-corrected chi connectivity index (χ0v) is 11.3. The highest BCUT2D eigenvalue weighted by molar-refractivity contribution is 7.89. The molecule has 1 heterocycles. The van der Waals surface area contributed by atoms with Gasteiger partial charge in [0.05, 0.1) is 6.04 Å². The fraction of sp³-hybridized carbons (Fsp3) is 0.556. The molecule has 0 spiro atoms. The summed E-state index contributed by atoms with van der Waals surface area (Å²) in [7, 11) is -3.78. The normalized spacial score (nSPS) is 14.7. The largest absolute Gasteiger partial charge is 0.409 e. The lowest BCUT2D eigenvalue weighted by Crippen LogP contribution is -2.42. The molecule has 4 N–H and O–H groups in total. The van der Waals surface area contributed by atoms with Crippen molar-refractivity contribution in [2.45, 2.75) is 38.4 Å². The van der Waals surface area contributed by atoms with Crippen LogP contribution in [0.2, 0.25) is 0 Å². The van der Waals surface area contributed by atoms with Crippen molar-refractivity contribution in [1.29, 1.82) is 0 Å². The minimum atomic E-state index is -3.78. The number of rotatable bonds is 5. The molecule has 0 radical (unpaired) electrons. The highest BCUT2D eigenvalue weighted by Gasteiger charge is 2.22. The van der Waals surface area contributed by atoms with Crippen LogP contribution in [0.4, 0.5) is 0 Å². The summed E-state index contributed by atoms with van der Waals surface area (Å²) in [5, 5.41) is 11.1. The van der Waals surface area contributed by atoms with Gasteiger partial charge in [-0.25, -0.2) is 13.4 Å². The lowest BCUT2D eigenvalue weighted by Gasteiger charge is -2.10. The van der Waals surface area contributed by atoms with Crippen molar-refractivity contribution in [2.75, 3.05) is 0 Å². The fourth-order valence-electron chi connectivity index (χ4n) is 1.37. The van der Waals surface area contributed by atoms with Crippen LogP contribution in [-0.2, 0) is 16.6 Å². The number of oxime groups is 1. The standard InChI is InChI=1S/C9H17N5O3S/c1-4-14-5-8(11-7(14)3)18(16,17)13-6(2)9(10)12-15/h5-6,13,15H,4H2,1-3H3,(H2,10,12). The van der Waals surface area contributed by atoms with Gasteiger partial charge in [0.15, 0.2) is 10.9 Å². The third-order valence-corrected chi connectivity index (χ3v) is 3.87. The van der Waals surface area contributed by atoms with Crippen LogP contribution in [0.25, 0.3) is 0 Å². The molecule has 0 saturated carbocycles. The Morgan fingerprint density at radius 2 is 2.33 bits per heavy atom. The summed E-state index contributed by atoms with van der Waals surface area (Å²) in [5.74, 6) is 0.388. The first-order valence-corrected chi connectivity index (χ1v) is 6.83. The van der Waals surface area contributed by atoms with Gasteiger partial charge in [-0.1, -0.05) is 5.16 Å². The summed E-state index contributed by atoms with van der Waals surface area (Å²) >= 11 is 0. The van der Waals surface area contributed by atoms with Gasteiger partial charge in [0.25, 0.3) is 10.0 Å². The molecular formula is C9H17N5O3S. The Hall–Kier alpha value is -1.61. The molecule has 0 bridgehead atoms. The molecule has 1 atom stereocenters. The number of hydrogen-bond donors (Lipinski definition) is 3. The summed E-state index contributed by atoms with van der Waals surface area (Å²) in [4.78, 5) is 3.96. The molecule has 0 aromatic carbocycles. The second kappa shape index (κ2) is 5.36. The Kier molecular flexibility index (Phi) is 4.30. The van der Waals surface area contributed by atoms with Crippen LogP contribution < -0.4 is 10.5 Å². The Balaban J connectivity index is 2.99. The predicted octanol–water partition coefficient (Wildman–Crippen LogP) is -0.375. The van der Waals surface area contributed by atoms with E-state index in [9.17, 15) is 8.42 Å². The lowest BCUT2D eigenvalue weighted by molar-refractivity contribution is 0.316. The first-order chi connectivity index (χ1) is 8.31. The van der Waals surface area contributed by atoms with E-state index in [-0.39, 0.29) is 10.9 Å². The number of amidine groups is 1. The van der Waals surface area contributed by atoms with E-state index in [4.69, 9.17) is 10.9 Å². The van der Waals surface area contributed by atoms with Crippen molar-refractivity contribution >= 4 is 15.9 Å². The van der Waals surface area contributed by atoms with Crippen LogP contribution >= 0.6 is 0 Å². The average molecular weight is 275 g/mol. The maximum Gasteiger partial charge on any atom is 0.260 e. The Morgan fingerprint density at radius 3 is 2.78 bits per heavy atom. The number of imidazole rings is 1. The van der Waals surface area contributed by atoms with E-state index in [0.717, 1.165) is 0 Å². The van der Waals surface area contributed by atoms with Crippen molar-refractivity contribution in [3.05, 3.63) is 12.0 Å². The highest BCUT2D eigenvalue weighted by atomic mass is 32.2. The van der Waals surface area contributed by atoms with E-state index in [1.165, 1.54) is 13.1 Å². The third kappa shape index (κ3) is 2.99. The molecule has 9 heteroatoms. The van der Waals surface area contributed by atoms with Gasteiger partial charge >= 0.3 is 0 Å². The molecule has 1 unspecified atom stereocenters. The summed E-state index contributed by atoms with van der Waals surface area (Å²) in [6.45, 7) is 5.70. The molecule has 1 aromatic rings. The fourth-order valence-corrected chi connectivity index (χ4v) is 2.59. The highest BCUT2D eigenvalue weighted by Crippen LogP contribution is 2.09. The zero-order chi connectivity index (χ0) is 13.9. The zero-order valence-electron chi connectivity index (χ0n) is 10.5. The molecule has 0 fully saturated rings. The first-order valence-electron chi connectivity index (χ1n) is 5.35. The maximum atomic E-state index is 12.0. The maximum absolute atomic E-state index is 12.0. The average Bonchev–Trinajstić information content (AvgIpc) is 2.69. The van der Waals surface area contributed by atoms with Crippen molar-refractivity contribution in [1.82, 2.24) is 14.3 Å². The van der Waals surface area contributed by atoms with Crippen molar-refractivity contribution < 1.29 is 13.6 Å². The van der Waals surface area contributed by atoms with Crippen LogP contribution in [-0.4, -0.2) is 35.1 Å². The molecular weight excluding hydrogens is 258 g/mol. The molecule has 1 aromatic heterocycles. The Bertz CT molecular complexity index is 549. The first kappa shape index (κ1) is 14.5. The van der Waals surface area contributed by atoms with Gasteiger partial charge in [0.2, 0.25) is 0 Å². The molecule has 18 heavy (non-hydrogen) atoms. The number of hydrogen-bond acceptors (Lipinski definition) is 5. The molecule has 8 nitrogen and oxygen atoms in total. The van der Waals surface area contributed by atoms with Crippen molar-refractivity contribution in [3.63, 3.8) is 0 Å². The van der Waals surface area contributed by atoms with Gasteiger partial charge in [0.1, 0.15) is 5.82 Å². The van der Waals surface area contributed by atoms with Crippen molar-refractivity contribution in [2.24, 2.45) is 10.9 Å². The van der Waals surface area contributed by atoms with E-state index in [1.54, 1.807) is 11.5 Å². The minimum Gasteiger partial charge on any atom is -0.409 e. The summed E-state index contributed by atoms with van der Waals surface area (Å²) in [6, 6.07) is -0.813. The van der Waals surface area contributed by atoms with E-state index >= 15 is 0 Å². The quantitative estimate of drug-likeness (QED) is 0.293. The van der Waals surface area contributed by atoms with Gasteiger partial charge in [-0.3, -0.25) is 0 Å². The van der Waals surface area contributed by atoms with Crippen LogP contribution in [0.5, 0.6) is 0 Å². The number of nitrogens with zero attached hydrogens (tertiary/aromatic N) is 3. The number of sulfonamides is 1. The molecule has 102 valence electrons. The summed E-state index contributed by atoms with van der Waals surface area (Å²) in [5.41, 5.74) is 5.31. The predicted molar refractivity (Wildman–Crippen MR) is 65.8 cm³/mol. The molecule has 0 amide bonds. The van der Waals surface area contributed by atoms with Gasteiger partial charge in [-0.2, -0.15) is 4.72 Å². The molecule has 0 aliphatic heterocycles. The Morgan fingerprint density at radius 1 is 1.72 bits per heavy atom. The molecule has 0 saturated heterocycles. The van der Waals surface area contributed by atoms with Gasteiger partial charge in [0, 0.05) is 12.7 Å². The Labute approximate surface area is 106 Å². The number of aromatic nitrogens is 2.